The zero-order valence-electron chi connectivity index (χ0n) is 15.2. The van der Waals surface area contributed by atoms with Crippen molar-refractivity contribution >= 4 is 17.7 Å². The van der Waals surface area contributed by atoms with E-state index in [-0.39, 0.29) is 23.8 Å². The third-order valence-corrected chi connectivity index (χ3v) is 4.01. The molecule has 0 fully saturated rings. The maximum absolute atomic E-state index is 12.9. The summed E-state index contributed by atoms with van der Waals surface area (Å²) >= 11 is 0. The van der Waals surface area contributed by atoms with Crippen LogP contribution in [0.25, 0.3) is 11.1 Å². The number of ketones is 1. The molecule has 0 bridgehead atoms. The first kappa shape index (κ1) is 19.4. The Labute approximate surface area is 151 Å². The molecule has 0 spiro atoms. The summed E-state index contributed by atoms with van der Waals surface area (Å²) in [7, 11) is 0. The lowest BCUT2D eigenvalue weighted by Gasteiger charge is -2.18. The number of nitrogens with zero attached hydrogens (tertiary/aromatic N) is 1. The maximum Gasteiger partial charge on any atom is 0.357 e. The number of hydrogen-bond donors (Lipinski definition) is 1. The summed E-state index contributed by atoms with van der Waals surface area (Å²) in [5, 5.41) is 6.68. The highest BCUT2D eigenvalue weighted by molar-refractivity contribution is 6.07. The Morgan fingerprint density at radius 1 is 1.15 bits per heavy atom. The molecule has 2 aromatic rings. The molecule has 1 heterocycles. The Morgan fingerprint density at radius 3 is 2.38 bits per heavy atom. The molecule has 0 aliphatic carbocycles. The summed E-state index contributed by atoms with van der Waals surface area (Å²) in [6.07, 6.45) is -0.619. The van der Waals surface area contributed by atoms with Crippen molar-refractivity contribution in [2.24, 2.45) is 5.92 Å². The molecule has 2 rings (SSSR count). The number of ether oxygens (including phenoxy) is 2. The van der Waals surface area contributed by atoms with E-state index in [2.05, 4.69) is 10.2 Å². The SMILES string of the molecule is CCOC(=O)c1[nH]nc(C(=O)C(C)C(C)OC(C)=O)c1-c1ccccc1. The molecule has 1 aromatic carbocycles. The largest absolute Gasteiger partial charge is 0.462 e. The van der Waals surface area contributed by atoms with Crippen LogP contribution in [0.15, 0.2) is 30.3 Å². The molecule has 0 amide bonds. The molecular formula is C19H22N2O5. The molecule has 7 heteroatoms. The van der Waals surface area contributed by atoms with E-state index in [0.717, 1.165) is 0 Å². The Balaban J connectivity index is 2.47. The Kier molecular flexibility index (Phi) is 6.27. The Morgan fingerprint density at radius 2 is 1.81 bits per heavy atom. The minimum Gasteiger partial charge on any atom is -0.462 e. The highest BCUT2D eigenvalue weighted by Crippen LogP contribution is 2.29. The number of carbonyl (C=O) groups is 3. The number of carbonyl (C=O) groups excluding carboxylic acids is 3. The van der Waals surface area contributed by atoms with Gasteiger partial charge in [0, 0.05) is 12.5 Å². The van der Waals surface area contributed by atoms with Gasteiger partial charge in [-0.1, -0.05) is 37.3 Å². The molecular weight excluding hydrogens is 336 g/mol. The van der Waals surface area contributed by atoms with Gasteiger partial charge in [-0.2, -0.15) is 5.10 Å². The first-order valence-electron chi connectivity index (χ1n) is 8.39. The fourth-order valence-electron chi connectivity index (χ4n) is 2.55. The topological polar surface area (TPSA) is 98.4 Å². The standard InChI is InChI=1S/C19H22N2O5/c1-5-25-19(24)17-15(14-9-7-6-8-10-14)16(20-21-17)18(23)11(2)12(3)26-13(4)22/h6-12H,5H2,1-4H3,(H,20,21). The summed E-state index contributed by atoms with van der Waals surface area (Å²) in [5.74, 6) is -2.00. The van der Waals surface area contributed by atoms with E-state index in [1.807, 2.05) is 6.07 Å². The normalized spacial score (nSPS) is 12.9. The maximum atomic E-state index is 12.9. The van der Waals surface area contributed by atoms with Gasteiger partial charge in [0.15, 0.2) is 11.5 Å². The second kappa shape index (κ2) is 8.42. The number of aromatic nitrogens is 2. The Bertz CT molecular complexity index is 798. The molecule has 0 saturated carbocycles. The number of nitrogens with one attached hydrogen (secondary N) is 1. The molecule has 1 aromatic heterocycles. The summed E-state index contributed by atoms with van der Waals surface area (Å²) in [5.41, 5.74) is 1.29. The van der Waals surface area contributed by atoms with Crippen LogP contribution in [0.5, 0.6) is 0 Å². The van der Waals surface area contributed by atoms with Crippen LogP contribution in [-0.2, 0) is 14.3 Å². The fraction of sp³-hybridized carbons (Fsp3) is 0.368. The summed E-state index contributed by atoms with van der Waals surface area (Å²) in [6, 6.07) is 9.00. The number of rotatable bonds is 7. The zero-order chi connectivity index (χ0) is 19.3. The van der Waals surface area contributed by atoms with E-state index in [9.17, 15) is 14.4 Å². The van der Waals surface area contributed by atoms with Crippen molar-refractivity contribution in [3.8, 4) is 11.1 Å². The molecule has 0 aliphatic rings. The molecule has 26 heavy (non-hydrogen) atoms. The average molecular weight is 358 g/mol. The molecule has 2 atom stereocenters. The van der Waals surface area contributed by atoms with Gasteiger partial charge in [-0.15, -0.1) is 0 Å². The highest BCUT2D eigenvalue weighted by atomic mass is 16.5. The van der Waals surface area contributed by atoms with Gasteiger partial charge in [-0.3, -0.25) is 14.7 Å². The van der Waals surface area contributed by atoms with Gasteiger partial charge in [-0.05, 0) is 19.4 Å². The second-order valence-corrected chi connectivity index (χ2v) is 5.88. The van der Waals surface area contributed by atoms with E-state index in [1.165, 1.54) is 6.92 Å². The van der Waals surface area contributed by atoms with Crippen LogP contribution in [0, 0.1) is 5.92 Å². The van der Waals surface area contributed by atoms with E-state index in [4.69, 9.17) is 9.47 Å². The first-order valence-corrected chi connectivity index (χ1v) is 8.39. The summed E-state index contributed by atoms with van der Waals surface area (Å²) in [6.45, 7) is 6.49. The number of aromatic amines is 1. The number of benzene rings is 1. The van der Waals surface area contributed by atoms with Crippen LogP contribution in [0.2, 0.25) is 0 Å². The lowest BCUT2D eigenvalue weighted by molar-refractivity contribution is -0.146. The minimum absolute atomic E-state index is 0.116. The van der Waals surface area contributed by atoms with Gasteiger partial charge < -0.3 is 9.47 Å². The quantitative estimate of drug-likeness (QED) is 0.603. The predicted molar refractivity (Wildman–Crippen MR) is 94.7 cm³/mol. The van der Waals surface area contributed by atoms with Crippen molar-refractivity contribution in [2.45, 2.75) is 33.8 Å². The smallest absolute Gasteiger partial charge is 0.357 e. The van der Waals surface area contributed by atoms with Crippen molar-refractivity contribution < 1.29 is 23.9 Å². The highest BCUT2D eigenvalue weighted by Gasteiger charge is 2.31. The number of esters is 2. The van der Waals surface area contributed by atoms with Crippen LogP contribution < -0.4 is 0 Å². The zero-order valence-corrected chi connectivity index (χ0v) is 15.2. The molecule has 7 nitrogen and oxygen atoms in total. The van der Waals surface area contributed by atoms with Gasteiger partial charge in [0.25, 0.3) is 0 Å². The monoisotopic (exact) mass is 358 g/mol. The number of Topliss-reactive ketones (excluding diaryl/α,β-unsaturated/α-hetero) is 1. The van der Waals surface area contributed by atoms with Crippen molar-refractivity contribution in [1.82, 2.24) is 10.2 Å². The summed E-state index contributed by atoms with van der Waals surface area (Å²) < 4.78 is 10.2. The minimum atomic E-state index is -0.625. The van der Waals surface area contributed by atoms with Crippen molar-refractivity contribution in [2.75, 3.05) is 6.61 Å². The van der Waals surface area contributed by atoms with Gasteiger partial charge in [-0.25, -0.2) is 4.79 Å². The molecule has 0 aliphatic heterocycles. The second-order valence-electron chi connectivity index (χ2n) is 5.88. The molecule has 0 radical (unpaired) electrons. The molecule has 0 saturated heterocycles. The van der Waals surface area contributed by atoms with E-state index >= 15 is 0 Å². The first-order chi connectivity index (χ1) is 12.4. The van der Waals surface area contributed by atoms with E-state index in [1.54, 1.807) is 45.0 Å². The van der Waals surface area contributed by atoms with Gasteiger partial charge >= 0.3 is 11.9 Å². The van der Waals surface area contributed by atoms with Gasteiger partial charge in [0.05, 0.1) is 12.5 Å². The van der Waals surface area contributed by atoms with Crippen LogP contribution in [0.4, 0.5) is 0 Å². The van der Waals surface area contributed by atoms with E-state index < -0.39 is 24.0 Å². The average Bonchev–Trinajstić information content (AvgIpc) is 3.06. The predicted octanol–water partition coefficient (Wildman–Crippen LogP) is 3.02. The van der Waals surface area contributed by atoms with Gasteiger partial charge in [0.2, 0.25) is 0 Å². The van der Waals surface area contributed by atoms with Crippen molar-refractivity contribution in [3.05, 3.63) is 41.7 Å². The summed E-state index contributed by atoms with van der Waals surface area (Å²) in [4.78, 5) is 36.3. The van der Waals surface area contributed by atoms with Crippen molar-refractivity contribution in [3.63, 3.8) is 0 Å². The Hall–Kier alpha value is -2.96. The third kappa shape index (κ3) is 4.17. The molecule has 2 unspecified atom stereocenters. The van der Waals surface area contributed by atoms with E-state index in [0.29, 0.717) is 11.1 Å². The van der Waals surface area contributed by atoms with Crippen LogP contribution in [0.1, 0.15) is 48.7 Å². The number of hydrogen-bond acceptors (Lipinski definition) is 6. The van der Waals surface area contributed by atoms with Crippen LogP contribution >= 0.6 is 0 Å². The van der Waals surface area contributed by atoms with Crippen molar-refractivity contribution in [1.29, 1.82) is 0 Å². The lowest BCUT2D eigenvalue weighted by Crippen LogP contribution is -2.28. The molecule has 138 valence electrons. The van der Waals surface area contributed by atoms with Crippen LogP contribution in [0.3, 0.4) is 0 Å². The third-order valence-electron chi connectivity index (χ3n) is 4.01. The molecule has 1 N–H and O–H groups in total. The van der Waals surface area contributed by atoms with Crippen LogP contribution in [-0.4, -0.2) is 40.6 Å². The van der Waals surface area contributed by atoms with Gasteiger partial charge in [0.1, 0.15) is 11.8 Å². The number of H-pyrrole nitrogens is 1. The lowest BCUT2D eigenvalue weighted by atomic mass is 9.93. The fourth-order valence-corrected chi connectivity index (χ4v) is 2.55.